The summed E-state index contributed by atoms with van der Waals surface area (Å²) in [5, 5.41) is 8.46. The number of anilines is 1. The first-order chi connectivity index (χ1) is 20.0. The van der Waals surface area contributed by atoms with Gasteiger partial charge in [0.1, 0.15) is 17.8 Å². The molecule has 9 nitrogen and oxygen atoms in total. The zero-order chi connectivity index (χ0) is 30.2. The van der Waals surface area contributed by atoms with Gasteiger partial charge in [0.25, 0.3) is 5.56 Å². The molecule has 2 N–H and O–H groups in total. The lowest BCUT2D eigenvalue weighted by Crippen LogP contribution is -2.48. The molecule has 2 atom stereocenters. The van der Waals surface area contributed by atoms with E-state index >= 15 is 0 Å². The van der Waals surface area contributed by atoms with Crippen molar-refractivity contribution in [3.05, 3.63) is 69.5 Å². The van der Waals surface area contributed by atoms with E-state index < -0.39 is 41.0 Å². The van der Waals surface area contributed by atoms with Gasteiger partial charge in [0.05, 0.1) is 24.3 Å². The van der Waals surface area contributed by atoms with Crippen molar-refractivity contribution < 1.29 is 23.9 Å². The second-order valence-corrected chi connectivity index (χ2v) is 12.9. The summed E-state index contributed by atoms with van der Waals surface area (Å²) in [6.45, 7) is 6.83. The number of fused-ring (bicyclic) bond motifs is 2. The SMILES string of the molecule is COC(=O)[C@@H]1CSc2c(C3CC3)c(Cc3cccc4ccccc34)c(NC(=O)C(COC(C)(C)C)NC(C)=O)c(=O)n21. The van der Waals surface area contributed by atoms with Crippen LogP contribution in [-0.2, 0) is 30.3 Å². The molecule has 2 aromatic carbocycles. The van der Waals surface area contributed by atoms with Crippen molar-refractivity contribution in [2.45, 2.75) is 75.6 Å². The zero-order valence-corrected chi connectivity index (χ0v) is 25.4. The highest BCUT2D eigenvalue weighted by Gasteiger charge is 2.40. The van der Waals surface area contributed by atoms with Gasteiger partial charge < -0.3 is 20.1 Å². The number of nitrogens with one attached hydrogen (secondary N) is 2. The number of thioether (sulfide) groups is 1. The van der Waals surface area contributed by atoms with E-state index in [2.05, 4.69) is 16.7 Å². The number of rotatable bonds is 9. The third-order valence-electron chi connectivity index (χ3n) is 7.53. The number of carbonyl (C=O) groups excluding carboxylic acids is 3. The third-order valence-corrected chi connectivity index (χ3v) is 8.70. The van der Waals surface area contributed by atoms with E-state index in [0.29, 0.717) is 12.2 Å². The van der Waals surface area contributed by atoms with Crippen molar-refractivity contribution >= 4 is 46.0 Å². The smallest absolute Gasteiger partial charge is 0.329 e. The molecule has 0 spiro atoms. The number of carbonyl (C=O) groups is 3. The number of methoxy groups -OCH3 is 1. The average Bonchev–Trinajstić information content (AvgIpc) is 3.69. The molecule has 2 heterocycles. The topological polar surface area (TPSA) is 116 Å². The molecule has 10 heteroatoms. The summed E-state index contributed by atoms with van der Waals surface area (Å²) in [4.78, 5) is 52.8. The predicted octanol–water partition coefficient (Wildman–Crippen LogP) is 4.55. The maximum Gasteiger partial charge on any atom is 0.329 e. The summed E-state index contributed by atoms with van der Waals surface area (Å²) in [5.74, 6) is -0.866. The van der Waals surface area contributed by atoms with Crippen LogP contribution in [0.1, 0.15) is 69.2 Å². The Balaban J connectivity index is 1.66. The lowest BCUT2D eigenvalue weighted by Gasteiger charge is -2.26. The van der Waals surface area contributed by atoms with Crippen molar-refractivity contribution in [3.8, 4) is 0 Å². The first-order valence-corrected chi connectivity index (χ1v) is 15.2. The van der Waals surface area contributed by atoms with Gasteiger partial charge in [-0.25, -0.2) is 4.79 Å². The van der Waals surface area contributed by atoms with E-state index in [0.717, 1.165) is 45.3 Å². The maximum absolute atomic E-state index is 14.3. The van der Waals surface area contributed by atoms with Gasteiger partial charge in [-0.15, -0.1) is 11.8 Å². The summed E-state index contributed by atoms with van der Waals surface area (Å²) in [5.41, 5.74) is 1.88. The number of aromatic nitrogens is 1. The minimum absolute atomic E-state index is 0.0734. The number of amides is 2. The second kappa shape index (κ2) is 11.9. The lowest BCUT2D eigenvalue weighted by molar-refractivity contribution is -0.144. The first kappa shape index (κ1) is 29.8. The van der Waals surface area contributed by atoms with Crippen LogP contribution in [0.2, 0.25) is 0 Å². The molecule has 1 fully saturated rings. The lowest BCUT2D eigenvalue weighted by atomic mass is 9.93. The van der Waals surface area contributed by atoms with Crippen molar-refractivity contribution in [2.75, 3.05) is 24.8 Å². The number of ether oxygens (including phenoxy) is 2. The van der Waals surface area contributed by atoms with E-state index in [-0.39, 0.29) is 18.2 Å². The van der Waals surface area contributed by atoms with Gasteiger partial charge in [0.2, 0.25) is 11.8 Å². The van der Waals surface area contributed by atoms with Gasteiger partial charge >= 0.3 is 5.97 Å². The highest BCUT2D eigenvalue weighted by atomic mass is 32.2. The van der Waals surface area contributed by atoms with Crippen LogP contribution in [0.3, 0.4) is 0 Å². The summed E-state index contributed by atoms with van der Waals surface area (Å²) in [7, 11) is 1.31. The normalized spacial score (nSPS) is 17.0. The molecule has 1 aliphatic heterocycles. The fourth-order valence-corrected chi connectivity index (χ4v) is 6.82. The van der Waals surface area contributed by atoms with E-state index in [1.54, 1.807) is 0 Å². The quantitative estimate of drug-likeness (QED) is 0.351. The minimum atomic E-state index is -1.03. The van der Waals surface area contributed by atoms with Gasteiger partial charge in [0, 0.05) is 19.1 Å². The molecule has 42 heavy (non-hydrogen) atoms. The molecule has 2 aliphatic rings. The van der Waals surface area contributed by atoms with E-state index in [1.807, 2.05) is 57.2 Å². The molecular weight excluding hydrogens is 554 g/mol. The van der Waals surface area contributed by atoms with Crippen molar-refractivity contribution in [2.24, 2.45) is 0 Å². The van der Waals surface area contributed by atoms with Crippen LogP contribution in [-0.4, -0.2) is 53.5 Å². The van der Waals surface area contributed by atoms with Crippen LogP contribution in [0.5, 0.6) is 0 Å². The Morgan fingerprint density at radius 1 is 1.10 bits per heavy atom. The fraction of sp³-hybridized carbons (Fsp3) is 0.438. The standard InChI is InChI=1S/C32H37N3O6S/c1-18(36)33-24(16-41-32(2,3)4)28(37)34-27-23(15-21-11-8-10-19-9-6-7-12-22(19)21)26(20-13-14-20)30-35(29(27)38)25(17-42-30)31(39)40-5/h6-12,20,24-25H,13-17H2,1-5H3,(H,33,36)(H,34,37)/t24?,25-/m0/s1. The molecule has 1 unspecified atom stereocenters. The van der Waals surface area contributed by atoms with Crippen molar-refractivity contribution in [3.63, 3.8) is 0 Å². The number of nitrogens with zero attached hydrogens (tertiary/aromatic N) is 1. The van der Waals surface area contributed by atoms with Crippen LogP contribution >= 0.6 is 11.8 Å². The van der Waals surface area contributed by atoms with Gasteiger partial charge in [-0.05, 0) is 67.0 Å². The highest BCUT2D eigenvalue weighted by Crippen LogP contribution is 2.50. The number of hydrogen-bond acceptors (Lipinski definition) is 7. The zero-order valence-electron chi connectivity index (χ0n) is 24.6. The highest BCUT2D eigenvalue weighted by molar-refractivity contribution is 7.99. The van der Waals surface area contributed by atoms with E-state index in [1.165, 1.54) is 30.4 Å². The number of pyridine rings is 1. The molecule has 5 rings (SSSR count). The predicted molar refractivity (Wildman–Crippen MR) is 163 cm³/mol. The Morgan fingerprint density at radius 3 is 2.48 bits per heavy atom. The van der Waals surface area contributed by atoms with Crippen LogP contribution in [0, 0.1) is 0 Å². The molecule has 1 aromatic heterocycles. The van der Waals surface area contributed by atoms with Crippen LogP contribution in [0.25, 0.3) is 10.8 Å². The number of esters is 1. The molecule has 0 bridgehead atoms. The summed E-state index contributed by atoms with van der Waals surface area (Å²) < 4.78 is 12.4. The van der Waals surface area contributed by atoms with Crippen LogP contribution in [0.4, 0.5) is 5.69 Å². The van der Waals surface area contributed by atoms with Crippen LogP contribution in [0.15, 0.2) is 52.3 Å². The third kappa shape index (κ3) is 6.24. The number of benzene rings is 2. The molecule has 0 radical (unpaired) electrons. The molecule has 1 aliphatic carbocycles. The minimum Gasteiger partial charge on any atom is -0.467 e. The van der Waals surface area contributed by atoms with Gasteiger partial charge in [-0.3, -0.25) is 19.0 Å². The Hall–Kier alpha value is -3.63. The molecule has 3 aromatic rings. The Bertz CT molecular complexity index is 1600. The Labute approximate surface area is 249 Å². The maximum atomic E-state index is 14.3. The number of hydrogen-bond donors (Lipinski definition) is 2. The average molecular weight is 592 g/mol. The second-order valence-electron chi connectivity index (χ2n) is 11.9. The summed E-state index contributed by atoms with van der Waals surface area (Å²) in [6, 6.07) is 12.3. The summed E-state index contributed by atoms with van der Waals surface area (Å²) >= 11 is 1.48. The first-order valence-electron chi connectivity index (χ1n) is 14.2. The largest absolute Gasteiger partial charge is 0.467 e. The fourth-order valence-electron chi connectivity index (χ4n) is 5.42. The molecule has 222 valence electrons. The Kier molecular flexibility index (Phi) is 8.48. The van der Waals surface area contributed by atoms with Crippen LogP contribution < -0.4 is 16.2 Å². The molecular formula is C32H37N3O6S. The molecule has 1 saturated carbocycles. The van der Waals surface area contributed by atoms with E-state index in [4.69, 9.17) is 9.47 Å². The van der Waals surface area contributed by atoms with Gasteiger partial charge in [0.15, 0.2) is 0 Å². The van der Waals surface area contributed by atoms with Crippen molar-refractivity contribution in [1.29, 1.82) is 0 Å². The molecule has 0 saturated heterocycles. The van der Waals surface area contributed by atoms with Crippen molar-refractivity contribution in [1.82, 2.24) is 9.88 Å². The summed E-state index contributed by atoms with van der Waals surface area (Å²) in [6.07, 6.45) is 2.33. The molecule has 2 amide bonds. The monoisotopic (exact) mass is 591 g/mol. The van der Waals surface area contributed by atoms with Gasteiger partial charge in [-0.2, -0.15) is 0 Å². The Morgan fingerprint density at radius 2 is 1.81 bits per heavy atom. The van der Waals surface area contributed by atoms with E-state index in [9.17, 15) is 19.2 Å². The van der Waals surface area contributed by atoms with Gasteiger partial charge in [-0.1, -0.05) is 42.5 Å².